The van der Waals surface area contributed by atoms with E-state index in [0.29, 0.717) is 23.6 Å². The molecule has 1 aromatic rings. The van der Waals surface area contributed by atoms with Gasteiger partial charge in [-0.15, -0.1) is 0 Å². The van der Waals surface area contributed by atoms with Gasteiger partial charge in [0.2, 0.25) is 0 Å². The molecule has 0 bridgehead atoms. The SMILES string of the molecule is COc1ccc2c(c1Cl)CCN[C@]21CC[C@@H](C(=O)O)CC1. The van der Waals surface area contributed by atoms with E-state index in [1.54, 1.807) is 7.11 Å². The second kappa shape index (κ2) is 5.50. The molecule has 5 heteroatoms. The maximum Gasteiger partial charge on any atom is 0.306 e. The minimum atomic E-state index is -0.673. The van der Waals surface area contributed by atoms with Crippen LogP contribution in [-0.4, -0.2) is 24.7 Å². The molecule has 2 aliphatic rings. The Morgan fingerprint density at radius 3 is 2.76 bits per heavy atom. The Morgan fingerprint density at radius 1 is 1.43 bits per heavy atom. The summed E-state index contributed by atoms with van der Waals surface area (Å²) in [6.07, 6.45) is 4.01. The van der Waals surface area contributed by atoms with E-state index < -0.39 is 5.97 Å². The van der Waals surface area contributed by atoms with Crippen molar-refractivity contribution in [2.24, 2.45) is 5.92 Å². The van der Waals surface area contributed by atoms with Crippen molar-refractivity contribution >= 4 is 17.6 Å². The Bertz CT molecular complexity index is 565. The number of carboxylic acid groups (broad SMARTS) is 1. The third kappa shape index (κ3) is 2.40. The van der Waals surface area contributed by atoms with Gasteiger partial charge in [-0.3, -0.25) is 4.79 Å². The van der Waals surface area contributed by atoms with Crippen LogP contribution in [0.2, 0.25) is 5.02 Å². The monoisotopic (exact) mass is 309 g/mol. The van der Waals surface area contributed by atoms with Crippen molar-refractivity contribution in [3.05, 3.63) is 28.3 Å². The first-order chi connectivity index (χ1) is 10.1. The molecule has 2 N–H and O–H groups in total. The van der Waals surface area contributed by atoms with Gasteiger partial charge in [-0.1, -0.05) is 17.7 Å². The van der Waals surface area contributed by atoms with Gasteiger partial charge in [-0.2, -0.15) is 0 Å². The summed E-state index contributed by atoms with van der Waals surface area (Å²) in [4.78, 5) is 11.2. The molecule has 1 aliphatic carbocycles. The molecule has 0 amide bonds. The van der Waals surface area contributed by atoms with Gasteiger partial charge in [0, 0.05) is 12.1 Å². The molecule has 0 atom stereocenters. The van der Waals surface area contributed by atoms with E-state index in [9.17, 15) is 9.90 Å². The molecule has 4 nitrogen and oxygen atoms in total. The number of hydrogen-bond donors (Lipinski definition) is 2. The van der Waals surface area contributed by atoms with Gasteiger partial charge in [0.25, 0.3) is 0 Å². The van der Waals surface area contributed by atoms with E-state index in [0.717, 1.165) is 31.4 Å². The smallest absolute Gasteiger partial charge is 0.306 e. The highest BCUT2D eigenvalue weighted by atomic mass is 35.5. The number of nitrogens with one attached hydrogen (secondary N) is 1. The summed E-state index contributed by atoms with van der Waals surface area (Å²) in [5, 5.41) is 13.5. The molecule has 0 saturated heterocycles. The lowest BCUT2D eigenvalue weighted by molar-refractivity contribution is -0.143. The predicted octanol–water partition coefficient (Wildman–Crippen LogP) is 2.96. The second-order valence-corrected chi connectivity index (χ2v) is 6.36. The number of hydrogen-bond acceptors (Lipinski definition) is 3. The molecule has 114 valence electrons. The van der Waals surface area contributed by atoms with Crippen LogP contribution in [0.15, 0.2) is 12.1 Å². The van der Waals surface area contributed by atoms with Gasteiger partial charge in [-0.25, -0.2) is 0 Å². The summed E-state index contributed by atoms with van der Waals surface area (Å²) in [7, 11) is 1.63. The highest BCUT2D eigenvalue weighted by Gasteiger charge is 2.42. The first-order valence-corrected chi connectivity index (χ1v) is 7.79. The van der Waals surface area contributed by atoms with Gasteiger partial charge in [0.15, 0.2) is 0 Å². The summed E-state index contributed by atoms with van der Waals surface area (Å²) in [5.74, 6) is -0.170. The summed E-state index contributed by atoms with van der Waals surface area (Å²) < 4.78 is 5.31. The molecule has 3 rings (SSSR count). The first kappa shape index (κ1) is 14.7. The molecule has 0 radical (unpaired) electrons. The Labute approximate surface area is 129 Å². The summed E-state index contributed by atoms with van der Waals surface area (Å²) in [5.41, 5.74) is 2.27. The minimum absolute atomic E-state index is 0.116. The van der Waals surface area contributed by atoms with Crippen molar-refractivity contribution in [3.63, 3.8) is 0 Å². The molecular formula is C16H20ClNO3. The van der Waals surface area contributed by atoms with Crippen LogP contribution in [-0.2, 0) is 16.8 Å². The van der Waals surface area contributed by atoms with Crippen molar-refractivity contribution in [1.29, 1.82) is 0 Å². The average molecular weight is 310 g/mol. The van der Waals surface area contributed by atoms with Crippen LogP contribution in [0.4, 0.5) is 0 Å². The van der Waals surface area contributed by atoms with E-state index in [2.05, 4.69) is 11.4 Å². The van der Waals surface area contributed by atoms with E-state index in [1.807, 2.05) is 6.07 Å². The quantitative estimate of drug-likeness (QED) is 0.882. The molecule has 1 aliphatic heterocycles. The molecule has 0 aromatic heterocycles. The zero-order valence-electron chi connectivity index (χ0n) is 12.1. The molecule has 1 fully saturated rings. The molecular weight excluding hydrogens is 290 g/mol. The third-order valence-corrected chi connectivity index (χ3v) is 5.38. The van der Waals surface area contributed by atoms with Gasteiger partial charge in [0.05, 0.1) is 18.1 Å². The van der Waals surface area contributed by atoms with Gasteiger partial charge in [0.1, 0.15) is 5.75 Å². The van der Waals surface area contributed by atoms with Crippen molar-refractivity contribution in [2.75, 3.05) is 13.7 Å². The van der Waals surface area contributed by atoms with Crippen LogP contribution in [0.1, 0.15) is 36.8 Å². The highest BCUT2D eigenvalue weighted by molar-refractivity contribution is 6.33. The number of carboxylic acids is 1. The fourth-order valence-electron chi connectivity index (χ4n) is 3.78. The molecule has 0 unspecified atom stereocenters. The average Bonchev–Trinajstić information content (AvgIpc) is 2.49. The lowest BCUT2D eigenvalue weighted by Crippen LogP contribution is -2.50. The third-order valence-electron chi connectivity index (χ3n) is 4.97. The molecule has 21 heavy (non-hydrogen) atoms. The van der Waals surface area contributed by atoms with E-state index in [-0.39, 0.29) is 11.5 Å². The zero-order valence-corrected chi connectivity index (χ0v) is 12.9. The van der Waals surface area contributed by atoms with E-state index in [1.165, 1.54) is 5.56 Å². The number of methoxy groups -OCH3 is 1. The first-order valence-electron chi connectivity index (χ1n) is 7.41. The molecule has 1 heterocycles. The summed E-state index contributed by atoms with van der Waals surface area (Å²) >= 11 is 6.46. The number of carbonyl (C=O) groups is 1. The topological polar surface area (TPSA) is 58.6 Å². The van der Waals surface area contributed by atoms with Crippen molar-refractivity contribution in [1.82, 2.24) is 5.32 Å². The number of benzene rings is 1. The number of rotatable bonds is 2. The maximum atomic E-state index is 11.2. The zero-order chi connectivity index (χ0) is 15.0. The second-order valence-electron chi connectivity index (χ2n) is 5.98. The summed E-state index contributed by atoms with van der Waals surface area (Å²) in [6.45, 7) is 0.873. The van der Waals surface area contributed by atoms with Crippen molar-refractivity contribution < 1.29 is 14.6 Å². The van der Waals surface area contributed by atoms with Gasteiger partial charge < -0.3 is 15.2 Å². The summed E-state index contributed by atoms with van der Waals surface area (Å²) in [6, 6.07) is 4.01. The van der Waals surface area contributed by atoms with E-state index in [4.69, 9.17) is 16.3 Å². The van der Waals surface area contributed by atoms with Crippen LogP contribution in [0.5, 0.6) is 5.75 Å². The van der Waals surface area contributed by atoms with Crippen molar-refractivity contribution in [3.8, 4) is 5.75 Å². The Morgan fingerprint density at radius 2 is 2.14 bits per heavy atom. The standard InChI is InChI=1S/C16H20ClNO3/c1-21-13-3-2-12-11(14(13)17)6-9-18-16(12)7-4-10(5-8-16)15(19)20/h2-3,10,18H,4-9H2,1H3,(H,19,20)/t10-,16+. The van der Waals surface area contributed by atoms with Gasteiger partial charge in [-0.05, 0) is 49.3 Å². The van der Waals surface area contributed by atoms with Gasteiger partial charge >= 0.3 is 5.97 Å². The number of halogens is 1. The number of fused-ring (bicyclic) bond motifs is 2. The van der Waals surface area contributed by atoms with Crippen LogP contribution >= 0.6 is 11.6 Å². The number of aliphatic carboxylic acids is 1. The Hall–Kier alpha value is -1.26. The minimum Gasteiger partial charge on any atom is -0.495 e. The Kier molecular flexibility index (Phi) is 3.84. The maximum absolute atomic E-state index is 11.2. The van der Waals surface area contributed by atoms with Crippen LogP contribution in [0.3, 0.4) is 0 Å². The van der Waals surface area contributed by atoms with Crippen LogP contribution < -0.4 is 10.1 Å². The normalized spacial score (nSPS) is 28.2. The lowest BCUT2D eigenvalue weighted by Gasteiger charge is -2.44. The highest BCUT2D eigenvalue weighted by Crippen LogP contribution is 2.45. The van der Waals surface area contributed by atoms with Crippen LogP contribution in [0.25, 0.3) is 0 Å². The largest absolute Gasteiger partial charge is 0.495 e. The van der Waals surface area contributed by atoms with Crippen molar-refractivity contribution in [2.45, 2.75) is 37.6 Å². The predicted molar refractivity (Wildman–Crippen MR) is 81.0 cm³/mol. The van der Waals surface area contributed by atoms with E-state index >= 15 is 0 Å². The fraction of sp³-hybridized carbons (Fsp3) is 0.562. The molecule has 1 spiro atoms. The van der Waals surface area contributed by atoms with Crippen LogP contribution in [0, 0.1) is 5.92 Å². The fourth-order valence-corrected chi connectivity index (χ4v) is 4.11. The Balaban J connectivity index is 1.95. The lowest BCUT2D eigenvalue weighted by atomic mass is 9.69. The molecule has 1 saturated carbocycles. The molecule has 1 aromatic carbocycles. The number of ether oxygens (including phenoxy) is 1.